The van der Waals surface area contributed by atoms with Gasteiger partial charge in [-0.1, -0.05) is 48.0 Å². The van der Waals surface area contributed by atoms with Gasteiger partial charge in [0.1, 0.15) is 5.75 Å². The summed E-state index contributed by atoms with van der Waals surface area (Å²) in [6.07, 6.45) is 1.24. The summed E-state index contributed by atoms with van der Waals surface area (Å²) in [7, 11) is 1.60. The number of methoxy groups -OCH3 is 1. The van der Waals surface area contributed by atoms with Gasteiger partial charge >= 0.3 is 0 Å². The van der Waals surface area contributed by atoms with E-state index < -0.39 is 0 Å². The molecule has 0 aromatic heterocycles. The van der Waals surface area contributed by atoms with Crippen LogP contribution in [0.3, 0.4) is 0 Å². The molecule has 1 heterocycles. The fraction of sp³-hybridized carbons (Fsp3) is 0.273. The molecule has 4 rings (SSSR count). The second-order valence-corrected chi connectivity index (χ2v) is 7.40. The molecule has 0 spiro atoms. The Morgan fingerprint density at radius 2 is 1.67 bits per heavy atom. The van der Waals surface area contributed by atoms with Gasteiger partial charge in [-0.2, -0.15) is 0 Å². The lowest BCUT2D eigenvalue weighted by Crippen LogP contribution is -2.38. The van der Waals surface area contributed by atoms with Crippen molar-refractivity contribution in [3.05, 3.63) is 76.0 Å². The third-order valence-corrected chi connectivity index (χ3v) is 5.74. The lowest BCUT2D eigenvalue weighted by molar-refractivity contribution is -0.122. The Morgan fingerprint density at radius 1 is 0.963 bits per heavy atom. The van der Waals surface area contributed by atoms with Crippen LogP contribution in [0.25, 0.3) is 0 Å². The van der Waals surface area contributed by atoms with Crippen molar-refractivity contribution in [2.75, 3.05) is 7.11 Å². The van der Waals surface area contributed by atoms with Crippen molar-refractivity contribution in [1.82, 2.24) is 5.32 Å². The van der Waals surface area contributed by atoms with Crippen LogP contribution >= 0.6 is 11.6 Å². The fourth-order valence-electron chi connectivity index (χ4n) is 4.21. The molecular formula is C22H20ClNO3. The number of carbonyl (C=O) groups is 2. The minimum absolute atomic E-state index is 0.0262. The topological polar surface area (TPSA) is 55.4 Å². The van der Waals surface area contributed by atoms with Gasteiger partial charge in [-0.05, 0) is 30.0 Å². The number of halogens is 1. The number of para-hydroxylation sites is 1. The van der Waals surface area contributed by atoms with Crippen molar-refractivity contribution in [1.29, 1.82) is 0 Å². The summed E-state index contributed by atoms with van der Waals surface area (Å²) >= 11 is 6.34. The molecule has 1 aliphatic heterocycles. The Bertz CT molecular complexity index is 950. The van der Waals surface area contributed by atoms with Crippen LogP contribution in [0.15, 0.2) is 59.8 Å². The van der Waals surface area contributed by atoms with Crippen molar-refractivity contribution in [3.8, 4) is 5.75 Å². The molecule has 0 fully saturated rings. The number of ether oxygens (including phenoxy) is 1. The lowest BCUT2D eigenvalue weighted by Gasteiger charge is -2.35. The average molecular weight is 382 g/mol. The first-order valence-electron chi connectivity index (χ1n) is 9.02. The van der Waals surface area contributed by atoms with E-state index in [1.54, 1.807) is 7.11 Å². The van der Waals surface area contributed by atoms with Crippen LogP contribution in [0.1, 0.15) is 42.2 Å². The van der Waals surface area contributed by atoms with Crippen molar-refractivity contribution in [2.45, 2.75) is 31.1 Å². The van der Waals surface area contributed by atoms with Gasteiger partial charge in [-0.15, -0.1) is 0 Å². The van der Waals surface area contributed by atoms with Gasteiger partial charge in [0.25, 0.3) is 0 Å². The zero-order chi connectivity index (χ0) is 19.0. The third-order valence-electron chi connectivity index (χ3n) is 5.40. The van der Waals surface area contributed by atoms with E-state index in [2.05, 4.69) is 5.32 Å². The van der Waals surface area contributed by atoms with Crippen LogP contribution in [0.4, 0.5) is 0 Å². The summed E-state index contributed by atoms with van der Waals surface area (Å²) in [5.41, 5.74) is 3.27. The monoisotopic (exact) mass is 381 g/mol. The molecule has 0 saturated heterocycles. The Morgan fingerprint density at radius 3 is 2.41 bits per heavy atom. The molecule has 138 valence electrons. The van der Waals surface area contributed by atoms with E-state index in [-0.39, 0.29) is 29.9 Å². The Labute approximate surface area is 163 Å². The zero-order valence-corrected chi connectivity index (χ0v) is 15.8. The Hall–Kier alpha value is -2.59. The molecule has 1 aliphatic carbocycles. The fourth-order valence-corrected chi connectivity index (χ4v) is 4.50. The van der Waals surface area contributed by atoms with Gasteiger partial charge in [0.15, 0.2) is 5.78 Å². The number of amides is 1. The SMILES string of the molecule is COc1ccccc1C1CC(=O)NC2=C1C(=O)CC(c1ccccc1Cl)C2. The molecule has 2 unspecified atom stereocenters. The quantitative estimate of drug-likeness (QED) is 0.859. The highest BCUT2D eigenvalue weighted by molar-refractivity contribution is 6.31. The minimum atomic E-state index is -0.274. The number of carbonyl (C=O) groups excluding carboxylic acids is 2. The summed E-state index contributed by atoms with van der Waals surface area (Å²) in [6.45, 7) is 0. The molecule has 2 aromatic rings. The second kappa shape index (κ2) is 7.20. The van der Waals surface area contributed by atoms with Gasteiger partial charge in [0, 0.05) is 40.6 Å². The molecule has 0 saturated carbocycles. The summed E-state index contributed by atoms with van der Waals surface area (Å²) in [4.78, 5) is 25.5. The first kappa shape index (κ1) is 17.8. The zero-order valence-electron chi connectivity index (χ0n) is 15.0. The van der Waals surface area contributed by atoms with Crippen molar-refractivity contribution in [3.63, 3.8) is 0 Å². The highest BCUT2D eigenvalue weighted by Gasteiger charge is 2.39. The molecule has 2 aliphatic rings. The molecule has 0 radical (unpaired) electrons. The third kappa shape index (κ3) is 3.26. The maximum atomic E-state index is 13.1. The van der Waals surface area contributed by atoms with Crippen molar-refractivity contribution in [2.24, 2.45) is 0 Å². The maximum absolute atomic E-state index is 13.1. The lowest BCUT2D eigenvalue weighted by atomic mass is 9.73. The smallest absolute Gasteiger partial charge is 0.225 e. The molecule has 1 N–H and O–H groups in total. The number of hydrogen-bond acceptors (Lipinski definition) is 3. The molecule has 4 nitrogen and oxygen atoms in total. The number of benzene rings is 2. The number of hydrogen-bond donors (Lipinski definition) is 1. The summed E-state index contributed by atoms with van der Waals surface area (Å²) in [5.74, 6) is 0.394. The van der Waals surface area contributed by atoms with E-state index in [9.17, 15) is 9.59 Å². The van der Waals surface area contributed by atoms with Crippen LogP contribution < -0.4 is 10.1 Å². The standard InChI is InChI=1S/C22H20ClNO3/c1-27-20-9-5-3-7-15(20)16-12-21(26)24-18-10-13(11-19(25)22(16)18)14-6-2-4-8-17(14)23/h2-9,13,16H,10-12H2,1H3,(H,24,26). The van der Waals surface area contributed by atoms with Crippen LogP contribution in [-0.2, 0) is 9.59 Å². The number of allylic oxidation sites excluding steroid dienone is 2. The summed E-state index contributed by atoms with van der Waals surface area (Å²) in [5, 5.41) is 3.60. The maximum Gasteiger partial charge on any atom is 0.225 e. The van der Waals surface area contributed by atoms with Gasteiger partial charge in [-0.3, -0.25) is 9.59 Å². The number of nitrogens with one attached hydrogen (secondary N) is 1. The van der Waals surface area contributed by atoms with E-state index in [1.165, 1.54) is 0 Å². The molecule has 5 heteroatoms. The summed E-state index contributed by atoms with van der Waals surface area (Å²) in [6, 6.07) is 15.2. The predicted octanol–water partition coefficient (Wildman–Crippen LogP) is 4.35. The van der Waals surface area contributed by atoms with E-state index >= 15 is 0 Å². The van der Waals surface area contributed by atoms with Crippen molar-refractivity contribution >= 4 is 23.3 Å². The minimum Gasteiger partial charge on any atom is -0.496 e. The van der Waals surface area contributed by atoms with Crippen LogP contribution in [-0.4, -0.2) is 18.8 Å². The normalized spacial score (nSPS) is 22.3. The van der Waals surface area contributed by atoms with Crippen LogP contribution in [0.2, 0.25) is 5.02 Å². The first-order chi connectivity index (χ1) is 13.1. The van der Waals surface area contributed by atoms with Gasteiger partial charge < -0.3 is 10.1 Å². The Balaban J connectivity index is 1.76. The second-order valence-electron chi connectivity index (χ2n) is 6.99. The predicted molar refractivity (Wildman–Crippen MR) is 104 cm³/mol. The molecule has 27 heavy (non-hydrogen) atoms. The van der Waals surface area contributed by atoms with E-state index in [4.69, 9.17) is 16.3 Å². The molecule has 1 amide bonds. The molecule has 0 bridgehead atoms. The number of rotatable bonds is 3. The highest BCUT2D eigenvalue weighted by Crippen LogP contribution is 2.45. The highest BCUT2D eigenvalue weighted by atomic mass is 35.5. The van der Waals surface area contributed by atoms with E-state index in [0.717, 1.165) is 16.8 Å². The van der Waals surface area contributed by atoms with Gasteiger partial charge in [-0.25, -0.2) is 0 Å². The van der Waals surface area contributed by atoms with E-state index in [1.807, 2.05) is 48.5 Å². The van der Waals surface area contributed by atoms with Crippen molar-refractivity contribution < 1.29 is 14.3 Å². The van der Waals surface area contributed by atoms with Crippen LogP contribution in [0.5, 0.6) is 5.75 Å². The van der Waals surface area contributed by atoms with E-state index in [0.29, 0.717) is 29.2 Å². The number of Topliss-reactive ketones (excluding diaryl/α,β-unsaturated/α-hetero) is 1. The molecule has 2 aromatic carbocycles. The molecular weight excluding hydrogens is 362 g/mol. The summed E-state index contributed by atoms with van der Waals surface area (Å²) < 4.78 is 5.47. The van der Waals surface area contributed by atoms with Crippen LogP contribution in [0, 0.1) is 0 Å². The van der Waals surface area contributed by atoms with Gasteiger partial charge in [0.05, 0.1) is 7.11 Å². The number of ketones is 1. The average Bonchev–Trinajstić information content (AvgIpc) is 2.67. The first-order valence-corrected chi connectivity index (χ1v) is 9.39. The largest absolute Gasteiger partial charge is 0.496 e. The molecule has 2 atom stereocenters. The van der Waals surface area contributed by atoms with Gasteiger partial charge in [0.2, 0.25) is 5.91 Å². The Kier molecular flexibility index (Phi) is 4.75.